The molecule has 0 spiro atoms. The van der Waals surface area contributed by atoms with Crippen LogP contribution < -0.4 is 15.4 Å². The van der Waals surface area contributed by atoms with Gasteiger partial charge in [-0.2, -0.15) is 16.8 Å². The van der Waals surface area contributed by atoms with E-state index in [4.69, 9.17) is 14.3 Å². The van der Waals surface area contributed by atoms with Gasteiger partial charge >= 0.3 is 0 Å². The largest absolute Gasteiger partial charge is 0.457 e. The van der Waals surface area contributed by atoms with Crippen molar-refractivity contribution in [3.8, 4) is 34.3 Å². The van der Waals surface area contributed by atoms with Crippen LogP contribution in [0.2, 0.25) is 0 Å². The number of hydrogen-bond acceptors (Lipinski definition) is 10. The molecule has 2 aromatic heterocycles. The van der Waals surface area contributed by atoms with Gasteiger partial charge in [0, 0.05) is 35.1 Å². The summed E-state index contributed by atoms with van der Waals surface area (Å²) in [6.45, 7) is 0. The molecule has 8 aromatic rings. The van der Waals surface area contributed by atoms with E-state index < -0.39 is 31.0 Å². The van der Waals surface area contributed by atoms with E-state index in [9.17, 15) is 31.0 Å². The van der Waals surface area contributed by atoms with E-state index in [-0.39, 0.29) is 16.0 Å². The van der Waals surface area contributed by atoms with Crippen molar-refractivity contribution < 1.29 is 40.3 Å². The van der Waals surface area contributed by atoms with E-state index in [2.05, 4.69) is 25.6 Å². The molecule has 0 atom stereocenters. The molecule has 58 heavy (non-hydrogen) atoms. The molecule has 0 radical (unpaired) electrons. The minimum atomic E-state index is -4.56. The number of anilines is 2. The van der Waals surface area contributed by atoms with Crippen molar-refractivity contribution >= 4 is 65.9 Å². The fraction of sp³-hybridized carbons (Fsp3) is 0.0244. The van der Waals surface area contributed by atoms with Gasteiger partial charge in [-0.05, 0) is 103 Å². The molecule has 17 heteroatoms. The van der Waals surface area contributed by atoms with Gasteiger partial charge in [0.2, 0.25) is 0 Å². The van der Waals surface area contributed by atoms with E-state index in [1.807, 2.05) is 73.8 Å². The molecule has 2 heterocycles. The Labute approximate surface area is 331 Å². The van der Waals surface area contributed by atoms with Crippen LogP contribution in [0.3, 0.4) is 0 Å². The summed E-state index contributed by atoms with van der Waals surface area (Å²) in [6.07, 6.45) is 0.378. The first-order chi connectivity index (χ1) is 27.8. The lowest BCUT2D eigenvalue weighted by molar-refractivity contribution is 0.102. The maximum absolute atomic E-state index is 12.8. The molecule has 0 aliphatic carbocycles. The van der Waals surface area contributed by atoms with Crippen LogP contribution in [0.1, 0.15) is 20.7 Å². The second kappa shape index (κ2) is 16.1. The quantitative estimate of drug-likeness (QED) is 0.0572. The summed E-state index contributed by atoms with van der Waals surface area (Å²) < 4.78 is 68.7. The van der Waals surface area contributed by atoms with Crippen LogP contribution in [0.4, 0.5) is 11.4 Å². The Morgan fingerprint density at radius 1 is 0.638 bits per heavy atom. The Kier molecular flexibility index (Phi) is 10.9. The number of fused-ring (bicyclic) bond motifs is 2. The zero-order valence-corrected chi connectivity index (χ0v) is 31.9. The average Bonchev–Trinajstić information content (AvgIpc) is 3.85. The van der Waals surface area contributed by atoms with Gasteiger partial charge in [-0.25, -0.2) is 9.97 Å². The molecular weight excluding hydrogens is 785 g/mol. The number of amides is 1. The van der Waals surface area contributed by atoms with Crippen LogP contribution in [0.5, 0.6) is 11.5 Å². The lowest BCUT2D eigenvalue weighted by Crippen LogP contribution is -2.16. The summed E-state index contributed by atoms with van der Waals surface area (Å²) in [6, 6.07) is 37.2. The van der Waals surface area contributed by atoms with Crippen molar-refractivity contribution in [1.82, 2.24) is 19.9 Å². The molecule has 0 saturated carbocycles. The fourth-order valence-electron chi connectivity index (χ4n) is 5.91. The molecule has 8 rings (SSSR count). The van der Waals surface area contributed by atoms with Crippen molar-refractivity contribution in [3.05, 3.63) is 145 Å². The highest BCUT2D eigenvalue weighted by Crippen LogP contribution is 2.30. The number of nitrogens with one attached hydrogen (secondary N) is 4. The first-order valence-corrected chi connectivity index (χ1v) is 20.1. The number of benzene rings is 6. The van der Waals surface area contributed by atoms with Gasteiger partial charge < -0.3 is 25.3 Å². The summed E-state index contributed by atoms with van der Waals surface area (Å²) in [4.78, 5) is 38.3. The van der Waals surface area contributed by atoms with Gasteiger partial charge in [-0.3, -0.25) is 18.7 Å². The van der Waals surface area contributed by atoms with E-state index in [0.29, 0.717) is 34.8 Å². The number of hydrogen-bond donors (Lipinski definition) is 6. The molecule has 6 aromatic carbocycles. The third-order valence-electron chi connectivity index (χ3n) is 8.74. The standard InChI is InChI=1S/C34H26N6O5S.C7H6O4S/c1-35-22-10-16-27-29(18-22)39-32(37-27)20-6-12-24(13-7-20)45-25-14-8-21(9-15-25)33-38-28-17-11-23(19-30(28)40-33)36-34(41)26-4-2-3-5-31(26)46(42,43)44;8-5-6-3-1-2-4-7(6)12(9,10)11/h2-19,35H,1H3,(H,36,41)(H,37,39)(H,38,40)(H,42,43,44);1-5H,(H,9,10,11). The second-order valence-corrected chi connectivity index (χ2v) is 15.4. The van der Waals surface area contributed by atoms with Crippen molar-refractivity contribution in [2.75, 3.05) is 17.7 Å². The molecule has 0 aliphatic rings. The van der Waals surface area contributed by atoms with Crippen LogP contribution in [0, 0.1) is 0 Å². The summed E-state index contributed by atoms with van der Waals surface area (Å²) in [7, 11) is -6.96. The van der Waals surface area contributed by atoms with E-state index in [1.165, 1.54) is 48.5 Å². The Morgan fingerprint density at radius 3 is 1.62 bits per heavy atom. The molecule has 15 nitrogen and oxygen atoms in total. The second-order valence-electron chi connectivity index (χ2n) is 12.6. The van der Waals surface area contributed by atoms with Crippen LogP contribution in [0.25, 0.3) is 44.8 Å². The normalized spacial score (nSPS) is 11.4. The molecule has 6 N–H and O–H groups in total. The van der Waals surface area contributed by atoms with Gasteiger partial charge in [0.25, 0.3) is 26.1 Å². The maximum atomic E-state index is 12.8. The van der Waals surface area contributed by atoms with Gasteiger partial charge in [0.1, 0.15) is 32.9 Å². The van der Waals surface area contributed by atoms with Crippen LogP contribution in [0.15, 0.2) is 143 Å². The monoisotopic (exact) mass is 816 g/mol. The van der Waals surface area contributed by atoms with E-state index in [0.717, 1.165) is 39.2 Å². The predicted octanol–water partition coefficient (Wildman–Crippen LogP) is 7.85. The molecule has 0 bridgehead atoms. The van der Waals surface area contributed by atoms with Crippen LogP contribution in [-0.2, 0) is 20.2 Å². The molecule has 1 amide bonds. The molecule has 0 aliphatic heterocycles. The number of aromatic nitrogens is 4. The number of carbonyl (C=O) groups is 2. The average molecular weight is 817 g/mol. The third kappa shape index (κ3) is 8.77. The highest BCUT2D eigenvalue weighted by atomic mass is 32.2. The number of ether oxygens (including phenoxy) is 1. The topological polar surface area (TPSA) is 234 Å². The van der Waals surface area contributed by atoms with Crippen molar-refractivity contribution in [3.63, 3.8) is 0 Å². The lowest BCUT2D eigenvalue weighted by atomic mass is 10.2. The molecular formula is C41H32N6O9S2. The lowest BCUT2D eigenvalue weighted by Gasteiger charge is -2.08. The number of carbonyl (C=O) groups excluding carboxylic acids is 2. The molecule has 0 saturated heterocycles. The van der Waals surface area contributed by atoms with Gasteiger partial charge in [-0.1, -0.05) is 30.3 Å². The minimum absolute atomic E-state index is 0.0417. The van der Waals surface area contributed by atoms with Crippen LogP contribution >= 0.6 is 0 Å². The number of nitrogens with zero attached hydrogens (tertiary/aromatic N) is 2. The van der Waals surface area contributed by atoms with Crippen LogP contribution in [-0.4, -0.2) is 65.1 Å². The number of rotatable bonds is 10. The SMILES string of the molecule is CNc1ccc2[nH]c(-c3ccc(Oc4ccc(-c5nc6cc(NC(=O)c7ccccc7S(=O)(=O)O)ccc6[nH]5)cc4)cc3)nc2c1.O=Cc1ccccc1S(=O)(=O)O. The van der Waals surface area contributed by atoms with Gasteiger partial charge in [0.15, 0.2) is 6.29 Å². The number of H-pyrrole nitrogens is 2. The molecule has 0 fully saturated rings. The Balaban J connectivity index is 0.000000368. The zero-order valence-electron chi connectivity index (χ0n) is 30.2. The maximum Gasteiger partial charge on any atom is 0.295 e. The van der Waals surface area contributed by atoms with Crippen molar-refractivity contribution in [2.24, 2.45) is 0 Å². The summed E-state index contributed by atoms with van der Waals surface area (Å²) >= 11 is 0. The van der Waals surface area contributed by atoms with E-state index >= 15 is 0 Å². The summed E-state index contributed by atoms with van der Waals surface area (Å²) in [5.41, 5.74) is 6.19. The van der Waals surface area contributed by atoms with Crippen molar-refractivity contribution in [2.45, 2.75) is 9.79 Å². The van der Waals surface area contributed by atoms with Crippen molar-refractivity contribution in [1.29, 1.82) is 0 Å². The van der Waals surface area contributed by atoms with E-state index in [1.54, 1.807) is 18.2 Å². The zero-order chi connectivity index (χ0) is 41.0. The number of aromatic amines is 2. The highest BCUT2D eigenvalue weighted by molar-refractivity contribution is 7.86. The first kappa shape index (κ1) is 39.1. The minimum Gasteiger partial charge on any atom is -0.457 e. The summed E-state index contributed by atoms with van der Waals surface area (Å²) in [5.74, 6) is 2.07. The Hall–Kier alpha value is -7.18. The smallest absolute Gasteiger partial charge is 0.295 e. The summed E-state index contributed by atoms with van der Waals surface area (Å²) in [5, 5.41) is 5.80. The Morgan fingerprint density at radius 2 is 1.12 bits per heavy atom. The van der Waals surface area contributed by atoms with Gasteiger partial charge in [0.05, 0.1) is 27.6 Å². The molecule has 0 unspecified atom stereocenters. The number of imidazole rings is 2. The Bertz CT molecular complexity index is 3040. The highest BCUT2D eigenvalue weighted by Gasteiger charge is 2.20. The number of aldehydes is 1. The fourth-order valence-corrected chi connectivity index (χ4v) is 7.26. The van der Waals surface area contributed by atoms with Gasteiger partial charge in [-0.15, -0.1) is 0 Å². The first-order valence-electron chi connectivity index (χ1n) is 17.2. The third-order valence-corrected chi connectivity index (χ3v) is 10.6. The predicted molar refractivity (Wildman–Crippen MR) is 219 cm³/mol. The molecule has 292 valence electrons.